The molecule has 0 aromatic heterocycles. The average Bonchev–Trinajstić information content (AvgIpc) is 2.20. The topological polar surface area (TPSA) is 58.6 Å². The van der Waals surface area contributed by atoms with Crippen molar-refractivity contribution in [2.75, 3.05) is 20.3 Å². The van der Waals surface area contributed by atoms with Crippen LogP contribution in [0.15, 0.2) is 0 Å². The summed E-state index contributed by atoms with van der Waals surface area (Å²) >= 11 is 0. The van der Waals surface area contributed by atoms with Crippen LogP contribution in [-0.4, -0.2) is 36.9 Å². The number of ether oxygens (including phenoxy) is 1. The van der Waals surface area contributed by atoms with E-state index in [2.05, 4.69) is 19.2 Å². The minimum Gasteiger partial charge on any atom is -0.480 e. The SMILES string of the molecule is COCCNC1(C(=O)O)CCC(C)(C)CC1C. The van der Waals surface area contributed by atoms with Gasteiger partial charge >= 0.3 is 5.97 Å². The standard InChI is InChI=1S/C13H25NO3/c1-10-9-12(2,3)5-6-13(10,11(15)16)14-7-8-17-4/h10,14H,5-9H2,1-4H3,(H,15,16). The van der Waals surface area contributed by atoms with E-state index >= 15 is 0 Å². The number of carboxylic acid groups (broad SMARTS) is 1. The van der Waals surface area contributed by atoms with Gasteiger partial charge in [-0.3, -0.25) is 10.1 Å². The Labute approximate surface area is 104 Å². The Morgan fingerprint density at radius 3 is 2.59 bits per heavy atom. The molecule has 0 aromatic carbocycles. The Morgan fingerprint density at radius 1 is 1.47 bits per heavy atom. The second kappa shape index (κ2) is 5.36. The Bertz CT molecular complexity index is 278. The summed E-state index contributed by atoms with van der Waals surface area (Å²) in [5.41, 5.74) is -0.518. The lowest BCUT2D eigenvalue weighted by atomic mass is 9.64. The number of carboxylic acids is 1. The number of carbonyl (C=O) groups is 1. The molecule has 2 N–H and O–H groups in total. The minimum atomic E-state index is -0.770. The number of methoxy groups -OCH3 is 1. The van der Waals surface area contributed by atoms with E-state index in [0.717, 1.165) is 12.8 Å². The highest BCUT2D eigenvalue weighted by Crippen LogP contribution is 2.43. The normalized spacial score (nSPS) is 32.4. The van der Waals surface area contributed by atoms with Crippen molar-refractivity contribution in [1.82, 2.24) is 5.32 Å². The van der Waals surface area contributed by atoms with Crippen LogP contribution in [-0.2, 0) is 9.53 Å². The lowest BCUT2D eigenvalue weighted by Crippen LogP contribution is -2.60. The summed E-state index contributed by atoms with van der Waals surface area (Å²) < 4.78 is 4.98. The molecule has 1 rings (SSSR count). The van der Waals surface area contributed by atoms with E-state index in [1.165, 1.54) is 0 Å². The van der Waals surface area contributed by atoms with E-state index in [-0.39, 0.29) is 11.3 Å². The van der Waals surface area contributed by atoms with Crippen molar-refractivity contribution in [3.8, 4) is 0 Å². The minimum absolute atomic E-state index is 0.139. The van der Waals surface area contributed by atoms with Crippen LogP contribution in [0.25, 0.3) is 0 Å². The third kappa shape index (κ3) is 3.19. The second-order valence-corrected chi connectivity index (χ2v) is 5.97. The van der Waals surface area contributed by atoms with Gasteiger partial charge in [-0.1, -0.05) is 20.8 Å². The molecule has 0 spiro atoms. The highest BCUT2D eigenvalue weighted by atomic mass is 16.5. The zero-order valence-corrected chi connectivity index (χ0v) is 11.4. The van der Waals surface area contributed by atoms with Crippen molar-refractivity contribution in [1.29, 1.82) is 0 Å². The van der Waals surface area contributed by atoms with E-state index < -0.39 is 11.5 Å². The molecule has 1 aliphatic rings. The predicted molar refractivity (Wildman–Crippen MR) is 67.0 cm³/mol. The molecule has 0 heterocycles. The van der Waals surface area contributed by atoms with E-state index in [9.17, 15) is 9.90 Å². The molecule has 1 aliphatic carbocycles. The quantitative estimate of drug-likeness (QED) is 0.724. The largest absolute Gasteiger partial charge is 0.480 e. The lowest BCUT2D eigenvalue weighted by Gasteiger charge is -2.46. The molecule has 0 amide bonds. The molecule has 0 aliphatic heterocycles. The number of hydrogen-bond acceptors (Lipinski definition) is 3. The maximum atomic E-state index is 11.6. The van der Waals surface area contributed by atoms with E-state index in [1.807, 2.05) is 6.92 Å². The molecule has 0 radical (unpaired) electrons. The molecule has 1 saturated carbocycles. The van der Waals surface area contributed by atoms with Gasteiger partial charge in [0.25, 0.3) is 0 Å². The molecule has 4 heteroatoms. The Morgan fingerprint density at radius 2 is 2.12 bits per heavy atom. The van der Waals surface area contributed by atoms with Gasteiger partial charge in [0, 0.05) is 13.7 Å². The monoisotopic (exact) mass is 243 g/mol. The number of hydrogen-bond donors (Lipinski definition) is 2. The molecule has 2 atom stereocenters. The molecular weight excluding hydrogens is 218 g/mol. The fourth-order valence-corrected chi connectivity index (χ4v) is 2.92. The molecule has 2 unspecified atom stereocenters. The van der Waals surface area contributed by atoms with Crippen molar-refractivity contribution in [3.63, 3.8) is 0 Å². The smallest absolute Gasteiger partial charge is 0.324 e. The maximum absolute atomic E-state index is 11.6. The van der Waals surface area contributed by atoms with Crippen LogP contribution in [0.5, 0.6) is 0 Å². The number of rotatable bonds is 5. The van der Waals surface area contributed by atoms with Gasteiger partial charge in [0.1, 0.15) is 5.54 Å². The van der Waals surface area contributed by atoms with Gasteiger partial charge in [0.15, 0.2) is 0 Å². The maximum Gasteiger partial charge on any atom is 0.324 e. The van der Waals surface area contributed by atoms with Gasteiger partial charge in [-0.25, -0.2) is 0 Å². The van der Waals surface area contributed by atoms with Crippen LogP contribution >= 0.6 is 0 Å². The summed E-state index contributed by atoms with van der Waals surface area (Å²) in [5, 5.41) is 12.7. The molecular formula is C13H25NO3. The third-order valence-corrected chi connectivity index (χ3v) is 4.02. The number of nitrogens with one attached hydrogen (secondary N) is 1. The first-order chi connectivity index (χ1) is 7.84. The first kappa shape index (κ1) is 14.5. The van der Waals surface area contributed by atoms with E-state index in [1.54, 1.807) is 7.11 Å². The highest BCUT2D eigenvalue weighted by molar-refractivity contribution is 5.79. The lowest BCUT2D eigenvalue weighted by molar-refractivity contribution is -0.150. The average molecular weight is 243 g/mol. The van der Waals surface area contributed by atoms with Crippen LogP contribution in [0.1, 0.15) is 40.0 Å². The van der Waals surface area contributed by atoms with Gasteiger partial charge < -0.3 is 9.84 Å². The molecule has 0 aromatic rings. The first-order valence-corrected chi connectivity index (χ1v) is 6.31. The van der Waals surface area contributed by atoms with Crippen molar-refractivity contribution in [2.24, 2.45) is 11.3 Å². The van der Waals surface area contributed by atoms with Crippen LogP contribution in [0, 0.1) is 11.3 Å². The summed E-state index contributed by atoms with van der Waals surface area (Å²) in [7, 11) is 1.63. The van der Waals surface area contributed by atoms with Crippen LogP contribution < -0.4 is 5.32 Å². The number of aliphatic carboxylic acids is 1. The Hall–Kier alpha value is -0.610. The molecule has 4 nitrogen and oxygen atoms in total. The van der Waals surface area contributed by atoms with Gasteiger partial charge in [0.05, 0.1) is 6.61 Å². The van der Waals surface area contributed by atoms with Gasteiger partial charge in [-0.05, 0) is 30.6 Å². The summed E-state index contributed by atoms with van der Waals surface area (Å²) in [5.74, 6) is -0.586. The van der Waals surface area contributed by atoms with E-state index in [4.69, 9.17) is 4.74 Å². The van der Waals surface area contributed by atoms with Crippen molar-refractivity contribution >= 4 is 5.97 Å². The van der Waals surface area contributed by atoms with E-state index in [0.29, 0.717) is 19.6 Å². The third-order valence-electron chi connectivity index (χ3n) is 4.02. The van der Waals surface area contributed by atoms with Gasteiger partial charge in [0.2, 0.25) is 0 Å². The molecule has 100 valence electrons. The predicted octanol–water partition coefficient (Wildman–Crippen LogP) is 1.89. The fourth-order valence-electron chi connectivity index (χ4n) is 2.92. The molecule has 0 saturated heterocycles. The Kier molecular flexibility index (Phi) is 4.55. The summed E-state index contributed by atoms with van der Waals surface area (Å²) in [6.07, 6.45) is 2.59. The van der Waals surface area contributed by atoms with Crippen molar-refractivity contribution in [3.05, 3.63) is 0 Å². The van der Waals surface area contributed by atoms with Crippen LogP contribution in [0.4, 0.5) is 0 Å². The molecule has 0 bridgehead atoms. The zero-order valence-electron chi connectivity index (χ0n) is 11.4. The van der Waals surface area contributed by atoms with Gasteiger partial charge in [-0.15, -0.1) is 0 Å². The molecule has 1 fully saturated rings. The second-order valence-electron chi connectivity index (χ2n) is 5.97. The van der Waals surface area contributed by atoms with Crippen molar-refractivity contribution < 1.29 is 14.6 Å². The Balaban J connectivity index is 2.75. The van der Waals surface area contributed by atoms with Crippen LogP contribution in [0.2, 0.25) is 0 Å². The van der Waals surface area contributed by atoms with Gasteiger partial charge in [-0.2, -0.15) is 0 Å². The summed E-state index contributed by atoms with van der Waals surface area (Å²) in [4.78, 5) is 11.6. The van der Waals surface area contributed by atoms with Crippen molar-refractivity contribution in [2.45, 2.75) is 45.6 Å². The molecule has 17 heavy (non-hydrogen) atoms. The summed E-state index contributed by atoms with van der Waals surface area (Å²) in [6.45, 7) is 7.60. The zero-order chi connectivity index (χ0) is 13.1. The fraction of sp³-hybridized carbons (Fsp3) is 0.923. The first-order valence-electron chi connectivity index (χ1n) is 6.31. The highest BCUT2D eigenvalue weighted by Gasteiger charge is 2.48. The summed E-state index contributed by atoms with van der Waals surface area (Å²) in [6, 6.07) is 0. The van der Waals surface area contributed by atoms with Crippen LogP contribution in [0.3, 0.4) is 0 Å².